The van der Waals surface area contributed by atoms with E-state index in [1.807, 2.05) is 0 Å². The molecule has 0 aromatic rings. The summed E-state index contributed by atoms with van der Waals surface area (Å²) in [6, 6.07) is 0. The number of aliphatic hydroxyl groups is 1. The molecule has 0 unspecified atom stereocenters. The molecule has 0 radical (unpaired) electrons. The molecule has 1 saturated carbocycles. The van der Waals surface area contributed by atoms with Crippen LogP contribution in [0.4, 0.5) is 0 Å². The first kappa shape index (κ1) is 12.5. The molecule has 15 heavy (non-hydrogen) atoms. The molecule has 0 aliphatic heterocycles. The van der Waals surface area contributed by atoms with E-state index in [0.29, 0.717) is 6.61 Å². The van der Waals surface area contributed by atoms with Gasteiger partial charge in [-0.25, -0.2) is 0 Å². The standard InChI is InChI=1S/C12H22O3/c1-2-15-11(13)10-12(14)8-6-4-3-5-7-9-12/h14H,2-10H2,1H3. The third kappa shape index (κ3) is 4.65. The summed E-state index contributed by atoms with van der Waals surface area (Å²) in [6.07, 6.45) is 7.30. The Morgan fingerprint density at radius 1 is 1.20 bits per heavy atom. The van der Waals surface area contributed by atoms with Crippen molar-refractivity contribution in [3.8, 4) is 0 Å². The van der Waals surface area contributed by atoms with Gasteiger partial charge in [-0.3, -0.25) is 4.79 Å². The summed E-state index contributed by atoms with van der Waals surface area (Å²) < 4.78 is 4.88. The average Bonchev–Trinajstić information content (AvgIpc) is 2.13. The lowest BCUT2D eigenvalue weighted by Crippen LogP contribution is -2.33. The second-order valence-corrected chi connectivity index (χ2v) is 4.47. The van der Waals surface area contributed by atoms with Crippen LogP contribution in [-0.2, 0) is 9.53 Å². The van der Waals surface area contributed by atoms with Crippen LogP contribution in [0.3, 0.4) is 0 Å². The molecule has 1 aliphatic rings. The summed E-state index contributed by atoms with van der Waals surface area (Å²) in [5, 5.41) is 10.3. The number of hydrogen-bond donors (Lipinski definition) is 1. The highest BCUT2D eigenvalue weighted by Gasteiger charge is 2.30. The molecule has 1 fully saturated rings. The minimum Gasteiger partial charge on any atom is -0.466 e. The highest BCUT2D eigenvalue weighted by Crippen LogP contribution is 2.29. The highest BCUT2D eigenvalue weighted by atomic mass is 16.5. The number of carbonyl (C=O) groups excluding carboxylic acids is 1. The number of carbonyl (C=O) groups is 1. The Labute approximate surface area is 91.8 Å². The smallest absolute Gasteiger partial charge is 0.308 e. The maximum Gasteiger partial charge on any atom is 0.308 e. The van der Waals surface area contributed by atoms with Gasteiger partial charge in [0, 0.05) is 0 Å². The van der Waals surface area contributed by atoms with Gasteiger partial charge in [0.2, 0.25) is 0 Å². The molecule has 0 aromatic heterocycles. The van der Waals surface area contributed by atoms with Crippen molar-refractivity contribution in [1.82, 2.24) is 0 Å². The zero-order valence-corrected chi connectivity index (χ0v) is 9.63. The van der Waals surface area contributed by atoms with Crippen molar-refractivity contribution in [3.63, 3.8) is 0 Å². The normalized spacial score (nSPS) is 21.5. The molecule has 1 aliphatic carbocycles. The van der Waals surface area contributed by atoms with Crippen LogP contribution >= 0.6 is 0 Å². The van der Waals surface area contributed by atoms with Crippen LogP contribution in [0, 0.1) is 0 Å². The van der Waals surface area contributed by atoms with Gasteiger partial charge in [0.25, 0.3) is 0 Å². The molecule has 0 spiro atoms. The van der Waals surface area contributed by atoms with Gasteiger partial charge in [-0.2, -0.15) is 0 Å². The first-order chi connectivity index (χ1) is 7.16. The predicted octanol–water partition coefficient (Wildman–Crippen LogP) is 2.42. The Balaban J connectivity index is 2.42. The fourth-order valence-electron chi connectivity index (χ4n) is 2.22. The fourth-order valence-corrected chi connectivity index (χ4v) is 2.22. The third-order valence-electron chi connectivity index (χ3n) is 3.06. The molecule has 0 bridgehead atoms. The quantitative estimate of drug-likeness (QED) is 0.734. The van der Waals surface area contributed by atoms with Gasteiger partial charge in [-0.05, 0) is 19.8 Å². The van der Waals surface area contributed by atoms with E-state index in [2.05, 4.69) is 0 Å². The van der Waals surface area contributed by atoms with Crippen molar-refractivity contribution in [1.29, 1.82) is 0 Å². The fraction of sp³-hybridized carbons (Fsp3) is 0.917. The largest absolute Gasteiger partial charge is 0.466 e. The molecular weight excluding hydrogens is 192 g/mol. The lowest BCUT2D eigenvalue weighted by molar-refractivity contribution is -0.149. The van der Waals surface area contributed by atoms with E-state index in [0.717, 1.165) is 25.7 Å². The Bertz CT molecular complexity index is 193. The molecule has 0 saturated heterocycles. The van der Waals surface area contributed by atoms with Crippen molar-refractivity contribution in [2.75, 3.05) is 6.61 Å². The molecular formula is C12H22O3. The van der Waals surface area contributed by atoms with Gasteiger partial charge in [0.05, 0.1) is 18.6 Å². The maximum atomic E-state index is 11.3. The monoisotopic (exact) mass is 214 g/mol. The van der Waals surface area contributed by atoms with E-state index in [1.165, 1.54) is 19.3 Å². The molecule has 1 rings (SSSR count). The van der Waals surface area contributed by atoms with Crippen LogP contribution in [0.15, 0.2) is 0 Å². The Morgan fingerprint density at radius 2 is 1.73 bits per heavy atom. The van der Waals surface area contributed by atoms with Gasteiger partial charge >= 0.3 is 5.97 Å². The topological polar surface area (TPSA) is 46.5 Å². The Hall–Kier alpha value is -0.570. The number of esters is 1. The lowest BCUT2D eigenvalue weighted by Gasteiger charge is -2.29. The van der Waals surface area contributed by atoms with E-state index >= 15 is 0 Å². The van der Waals surface area contributed by atoms with Gasteiger partial charge in [0.1, 0.15) is 0 Å². The molecule has 0 atom stereocenters. The van der Waals surface area contributed by atoms with Crippen molar-refractivity contribution in [2.24, 2.45) is 0 Å². The van der Waals surface area contributed by atoms with Crippen LogP contribution in [0.2, 0.25) is 0 Å². The molecule has 0 heterocycles. The van der Waals surface area contributed by atoms with Crippen LogP contribution in [0.25, 0.3) is 0 Å². The van der Waals surface area contributed by atoms with Crippen LogP contribution < -0.4 is 0 Å². The molecule has 0 aromatic carbocycles. The van der Waals surface area contributed by atoms with E-state index in [9.17, 15) is 9.90 Å². The van der Waals surface area contributed by atoms with E-state index < -0.39 is 5.60 Å². The molecule has 3 heteroatoms. The van der Waals surface area contributed by atoms with E-state index in [1.54, 1.807) is 6.92 Å². The van der Waals surface area contributed by atoms with Crippen LogP contribution in [0.1, 0.15) is 58.3 Å². The summed E-state index contributed by atoms with van der Waals surface area (Å²) in [5.41, 5.74) is -0.799. The van der Waals surface area contributed by atoms with Crippen molar-refractivity contribution in [2.45, 2.75) is 63.9 Å². The second-order valence-electron chi connectivity index (χ2n) is 4.47. The average molecular weight is 214 g/mol. The number of ether oxygens (including phenoxy) is 1. The van der Waals surface area contributed by atoms with Gasteiger partial charge < -0.3 is 9.84 Å². The SMILES string of the molecule is CCOC(=O)CC1(O)CCCCCCC1. The first-order valence-corrected chi connectivity index (χ1v) is 6.04. The zero-order valence-electron chi connectivity index (χ0n) is 9.63. The first-order valence-electron chi connectivity index (χ1n) is 6.04. The Kier molecular flexibility index (Phi) is 5.09. The zero-order chi connectivity index (χ0) is 11.1. The second kappa shape index (κ2) is 6.11. The molecule has 1 N–H and O–H groups in total. The highest BCUT2D eigenvalue weighted by molar-refractivity contribution is 5.70. The minimum atomic E-state index is -0.799. The number of hydrogen-bond acceptors (Lipinski definition) is 3. The summed E-state index contributed by atoms with van der Waals surface area (Å²) in [6.45, 7) is 2.19. The van der Waals surface area contributed by atoms with Gasteiger partial charge in [-0.15, -0.1) is 0 Å². The number of rotatable bonds is 3. The minimum absolute atomic E-state index is 0.167. The molecule has 88 valence electrons. The molecule has 3 nitrogen and oxygen atoms in total. The third-order valence-corrected chi connectivity index (χ3v) is 3.06. The summed E-state index contributed by atoms with van der Waals surface area (Å²) in [5.74, 6) is -0.263. The van der Waals surface area contributed by atoms with E-state index in [4.69, 9.17) is 4.74 Å². The van der Waals surface area contributed by atoms with E-state index in [-0.39, 0.29) is 12.4 Å². The predicted molar refractivity (Wildman–Crippen MR) is 58.5 cm³/mol. The molecule has 0 amide bonds. The summed E-state index contributed by atoms with van der Waals surface area (Å²) >= 11 is 0. The van der Waals surface area contributed by atoms with Crippen molar-refractivity contribution >= 4 is 5.97 Å². The Morgan fingerprint density at radius 3 is 2.27 bits per heavy atom. The van der Waals surface area contributed by atoms with Gasteiger partial charge in [-0.1, -0.05) is 32.1 Å². The van der Waals surface area contributed by atoms with Crippen LogP contribution in [-0.4, -0.2) is 23.3 Å². The van der Waals surface area contributed by atoms with Gasteiger partial charge in [0.15, 0.2) is 0 Å². The summed E-state index contributed by atoms with van der Waals surface area (Å²) in [4.78, 5) is 11.3. The lowest BCUT2D eigenvalue weighted by atomic mass is 9.85. The maximum absolute atomic E-state index is 11.3. The summed E-state index contributed by atoms with van der Waals surface area (Å²) in [7, 11) is 0. The van der Waals surface area contributed by atoms with Crippen molar-refractivity contribution in [3.05, 3.63) is 0 Å². The van der Waals surface area contributed by atoms with Crippen LogP contribution in [0.5, 0.6) is 0 Å². The van der Waals surface area contributed by atoms with Crippen molar-refractivity contribution < 1.29 is 14.6 Å².